The Morgan fingerprint density at radius 3 is 2.59 bits per heavy atom. The van der Waals surface area contributed by atoms with Gasteiger partial charge in [0.15, 0.2) is 5.78 Å². The Bertz CT molecular complexity index is 900. The van der Waals surface area contributed by atoms with Gasteiger partial charge >= 0.3 is 0 Å². The molecule has 7 heteroatoms. The van der Waals surface area contributed by atoms with E-state index in [2.05, 4.69) is 18.7 Å². The van der Waals surface area contributed by atoms with Crippen LogP contribution in [0.5, 0.6) is 0 Å². The SMILES string of the molecule is CC(C)CN1C=C2CC(=O)C(OCC(N)=O)C=C2C(c2ccc(F)cc2)=C1CN. The lowest BCUT2D eigenvalue weighted by atomic mass is 9.81. The lowest BCUT2D eigenvalue weighted by molar-refractivity contribution is -0.132. The molecule has 1 aromatic carbocycles. The number of primary amides is 1. The van der Waals surface area contributed by atoms with Crippen LogP contribution in [0.3, 0.4) is 0 Å². The molecule has 0 bridgehead atoms. The number of ketones is 1. The van der Waals surface area contributed by atoms with Gasteiger partial charge < -0.3 is 21.1 Å². The minimum atomic E-state index is -0.860. The van der Waals surface area contributed by atoms with Crippen LogP contribution in [-0.2, 0) is 14.3 Å². The third-order valence-corrected chi connectivity index (χ3v) is 4.86. The first-order chi connectivity index (χ1) is 13.8. The highest BCUT2D eigenvalue weighted by Crippen LogP contribution is 2.41. The lowest BCUT2D eigenvalue weighted by Crippen LogP contribution is -2.35. The van der Waals surface area contributed by atoms with Crippen LogP contribution in [0.25, 0.3) is 5.57 Å². The molecule has 1 aliphatic carbocycles. The number of nitrogens with zero attached hydrogens (tertiary/aromatic N) is 1. The summed E-state index contributed by atoms with van der Waals surface area (Å²) in [5, 5.41) is 0. The molecule has 29 heavy (non-hydrogen) atoms. The molecule has 0 fully saturated rings. The van der Waals surface area contributed by atoms with Gasteiger partial charge in [-0.3, -0.25) is 9.59 Å². The third kappa shape index (κ3) is 4.63. The maximum Gasteiger partial charge on any atom is 0.243 e. The molecule has 1 unspecified atom stereocenters. The zero-order chi connectivity index (χ0) is 21.1. The van der Waals surface area contributed by atoms with E-state index in [1.54, 1.807) is 18.2 Å². The van der Waals surface area contributed by atoms with E-state index in [0.717, 1.165) is 34.5 Å². The van der Waals surface area contributed by atoms with Gasteiger partial charge in [-0.15, -0.1) is 0 Å². The standard InChI is InChI=1S/C22H26FN3O3/c1-13(2)10-26-11-15-7-19(27)20(29-12-21(25)28)8-17(15)22(18(26)9-24)14-3-5-16(23)6-4-14/h3-6,8,11,13,20H,7,9-10,12,24H2,1-2H3,(H2,25,28). The average molecular weight is 399 g/mol. The van der Waals surface area contributed by atoms with Gasteiger partial charge in [-0.25, -0.2) is 4.39 Å². The summed E-state index contributed by atoms with van der Waals surface area (Å²) in [6.07, 6.45) is 2.98. The van der Waals surface area contributed by atoms with Crippen molar-refractivity contribution >= 4 is 17.3 Å². The normalized spacial score (nSPS) is 19.3. The first-order valence-corrected chi connectivity index (χ1v) is 9.61. The molecule has 1 aromatic rings. The van der Waals surface area contributed by atoms with Crippen molar-refractivity contribution in [1.29, 1.82) is 0 Å². The molecule has 3 rings (SSSR count). The average Bonchev–Trinajstić information content (AvgIpc) is 2.65. The van der Waals surface area contributed by atoms with Gasteiger partial charge in [-0.2, -0.15) is 0 Å². The van der Waals surface area contributed by atoms with E-state index >= 15 is 0 Å². The molecule has 0 radical (unpaired) electrons. The van der Waals surface area contributed by atoms with Crippen LogP contribution in [0.1, 0.15) is 25.8 Å². The second kappa shape index (κ2) is 8.71. The molecule has 0 saturated carbocycles. The molecule has 1 atom stereocenters. The second-order valence-electron chi connectivity index (χ2n) is 7.65. The maximum atomic E-state index is 13.5. The highest BCUT2D eigenvalue weighted by Gasteiger charge is 2.33. The number of nitrogens with two attached hydrogens (primary N) is 2. The topological polar surface area (TPSA) is 98.6 Å². The number of halogens is 1. The number of allylic oxidation sites excluding steroid dienone is 3. The van der Waals surface area contributed by atoms with Crippen molar-refractivity contribution < 1.29 is 18.7 Å². The van der Waals surface area contributed by atoms with Crippen molar-refractivity contribution in [3.05, 3.63) is 64.8 Å². The van der Waals surface area contributed by atoms with Gasteiger partial charge in [-0.05, 0) is 40.8 Å². The lowest BCUT2D eigenvalue weighted by Gasteiger charge is -2.36. The first kappa shape index (κ1) is 21.0. The third-order valence-electron chi connectivity index (χ3n) is 4.86. The Labute approximate surface area is 169 Å². The summed E-state index contributed by atoms with van der Waals surface area (Å²) in [6, 6.07) is 6.20. The van der Waals surface area contributed by atoms with Crippen LogP contribution < -0.4 is 11.5 Å². The number of hydrogen-bond acceptors (Lipinski definition) is 5. The second-order valence-corrected chi connectivity index (χ2v) is 7.65. The van der Waals surface area contributed by atoms with E-state index < -0.39 is 12.0 Å². The van der Waals surface area contributed by atoms with Crippen molar-refractivity contribution in [3.8, 4) is 0 Å². The number of fused-ring (bicyclic) bond motifs is 1. The molecule has 154 valence electrons. The predicted octanol–water partition coefficient (Wildman–Crippen LogP) is 2.12. The minimum Gasteiger partial charge on any atom is -0.368 e. The minimum absolute atomic E-state index is 0.139. The Morgan fingerprint density at radius 2 is 2.00 bits per heavy atom. The van der Waals surface area contributed by atoms with Gasteiger partial charge in [0, 0.05) is 37.0 Å². The van der Waals surface area contributed by atoms with E-state index in [1.165, 1.54) is 12.1 Å². The first-order valence-electron chi connectivity index (χ1n) is 9.61. The number of Topliss-reactive ketones (excluding diaryl/α,β-unsaturated/α-hetero) is 1. The molecular formula is C22H26FN3O3. The summed E-state index contributed by atoms with van der Waals surface area (Å²) >= 11 is 0. The van der Waals surface area contributed by atoms with E-state index in [0.29, 0.717) is 5.92 Å². The number of carbonyl (C=O) groups is 2. The van der Waals surface area contributed by atoms with Gasteiger partial charge in [0.25, 0.3) is 0 Å². The molecule has 1 heterocycles. The molecule has 4 N–H and O–H groups in total. The Balaban J connectivity index is 2.12. The van der Waals surface area contributed by atoms with E-state index in [1.807, 2.05) is 6.20 Å². The molecule has 1 aliphatic heterocycles. The van der Waals surface area contributed by atoms with Crippen molar-refractivity contribution in [1.82, 2.24) is 4.90 Å². The monoisotopic (exact) mass is 399 g/mol. The summed E-state index contributed by atoms with van der Waals surface area (Å²) in [5.41, 5.74) is 15.5. The summed E-state index contributed by atoms with van der Waals surface area (Å²) in [4.78, 5) is 25.7. The quantitative estimate of drug-likeness (QED) is 0.732. The summed E-state index contributed by atoms with van der Waals surface area (Å²) < 4.78 is 18.9. The molecule has 0 saturated heterocycles. The summed E-state index contributed by atoms with van der Waals surface area (Å²) in [5.74, 6) is -0.731. The Kier molecular flexibility index (Phi) is 6.30. The van der Waals surface area contributed by atoms with Crippen LogP contribution in [0, 0.1) is 11.7 Å². The van der Waals surface area contributed by atoms with Crippen LogP contribution >= 0.6 is 0 Å². The smallest absolute Gasteiger partial charge is 0.243 e. The molecule has 6 nitrogen and oxygen atoms in total. The Hall–Kier alpha value is -2.77. The van der Waals surface area contributed by atoms with Crippen LogP contribution in [0.15, 0.2) is 53.4 Å². The molecule has 0 spiro atoms. The van der Waals surface area contributed by atoms with Crippen LogP contribution in [-0.4, -0.2) is 42.4 Å². The number of hydrogen-bond donors (Lipinski definition) is 2. The van der Waals surface area contributed by atoms with Crippen molar-refractivity contribution in [2.24, 2.45) is 17.4 Å². The van der Waals surface area contributed by atoms with E-state index in [9.17, 15) is 14.0 Å². The van der Waals surface area contributed by atoms with Gasteiger partial charge in [0.1, 0.15) is 18.5 Å². The number of amides is 1. The zero-order valence-corrected chi connectivity index (χ0v) is 16.7. The van der Waals surface area contributed by atoms with E-state index in [-0.39, 0.29) is 31.2 Å². The zero-order valence-electron chi connectivity index (χ0n) is 16.7. The van der Waals surface area contributed by atoms with Gasteiger partial charge in [0.05, 0.1) is 0 Å². The number of carbonyl (C=O) groups excluding carboxylic acids is 2. The van der Waals surface area contributed by atoms with Crippen LogP contribution in [0.2, 0.25) is 0 Å². The van der Waals surface area contributed by atoms with Crippen LogP contribution in [0.4, 0.5) is 4.39 Å². The van der Waals surface area contributed by atoms with E-state index in [4.69, 9.17) is 16.2 Å². The molecule has 1 amide bonds. The van der Waals surface area contributed by atoms with Gasteiger partial charge in [-0.1, -0.05) is 26.0 Å². The fourth-order valence-corrected chi connectivity index (χ4v) is 3.69. The number of rotatable bonds is 7. The van der Waals surface area contributed by atoms with Crippen molar-refractivity contribution in [3.63, 3.8) is 0 Å². The molecular weight excluding hydrogens is 373 g/mol. The number of benzene rings is 1. The molecule has 2 aliphatic rings. The maximum absolute atomic E-state index is 13.5. The van der Waals surface area contributed by atoms with Crippen molar-refractivity contribution in [2.45, 2.75) is 26.4 Å². The highest BCUT2D eigenvalue weighted by molar-refractivity contribution is 5.97. The molecule has 0 aromatic heterocycles. The number of ether oxygens (including phenoxy) is 1. The summed E-state index contributed by atoms with van der Waals surface area (Å²) in [6.45, 7) is 4.90. The largest absolute Gasteiger partial charge is 0.368 e. The fraction of sp³-hybridized carbons (Fsp3) is 0.364. The van der Waals surface area contributed by atoms with Crippen molar-refractivity contribution in [2.75, 3.05) is 19.7 Å². The fourth-order valence-electron chi connectivity index (χ4n) is 3.69. The summed E-state index contributed by atoms with van der Waals surface area (Å²) in [7, 11) is 0. The Morgan fingerprint density at radius 1 is 1.31 bits per heavy atom. The highest BCUT2D eigenvalue weighted by atomic mass is 19.1. The predicted molar refractivity (Wildman–Crippen MR) is 109 cm³/mol. The van der Waals surface area contributed by atoms with Gasteiger partial charge in [0.2, 0.25) is 5.91 Å².